The van der Waals surface area contributed by atoms with Crippen LogP contribution in [0.4, 0.5) is 5.95 Å². The second-order valence-electron chi connectivity index (χ2n) is 16.7. The summed E-state index contributed by atoms with van der Waals surface area (Å²) in [7, 11) is -3.16. The predicted octanol–water partition coefficient (Wildman–Crippen LogP) is 6.39. The fourth-order valence-corrected chi connectivity index (χ4v) is 10.3. The minimum Gasteiger partial charge on any atom is -0.468 e. The van der Waals surface area contributed by atoms with Gasteiger partial charge in [0.15, 0.2) is 0 Å². The second kappa shape index (κ2) is 22.0. The third-order valence-corrected chi connectivity index (χ3v) is 13.7. The highest BCUT2D eigenvalue weighted by Crippen LogP contribution is 2.42. The van der Waals surface area contributed by atoms with Crippen LogP contribution in [-0.2, 0) is 47.8 Å². The molecule has 16 heteroatoms. The molecule has 69 heavy (non-hydrogen) atoms. The molecule has 0 saturated carbocycles. The smallest absolute Gasteiger partial charge is 0.325 e. The first-order valence-corrected chi connectivity index (χ1v) is 24.0. The van der Waals surface area contributed by atoms with Gasteiger partial charge in [-0.1, -0.05) is 115 Å². The van der Waals surface area contributed by atoms with E-state index in [9.17, 15) is 32.4 Å². The molecular formula is C53H55N7O8S. The van der Waals surface area contributed by atoms with Gasteiger partial charge in [0.1, 0.15) is 22.9 Å². The van der Waals surface area contributed by atoms with Crippen LogP contribution in [0.2, 0.25) is 0 Å². The molecule has 15 nitrogen and oxygen atoms in total. The topological polar surface area (TPSA) is 200 Å². The summed E-state index contributed by atoms with van der Waals surface area (Å²) in [5, 5.41) is 9.18. The van der Waals surface area contributed by atoms with Gasteiger partial charge in [-0.15, -0.1) is 0 Å². The third kappa shape index (κ3) is 11.0. The number of aryl methyl sites for hydroxylation is 3. The lowest BCUT2D eigenvalue weighted by Crippen LogP contribution is -2.49. The van der Waals surface area contributed by atoms with Crippen molar-refractivity contribution in [2.45, 2.75) is 69.6 Å². The van der Waals surface area contributed by atoms with Crippen LogP contribution in [0.5, 0.6) is 0 Å². The number of nitrogens with zero attached hydrogens (tertiary/aromatic N) is 3. The number of esters is 1. The van der Waals surface area contributed by atoms with E-state index in [0.717, 1.165) is 29.4 Å². The second-order valence-corrected chi connectivity index (χ2v) is 18.4. The average molecular weight is 950 g/mol. The number of carbonyl (C=O) groups excluding carboxylic acids is 4. The van der Waals surface area contributed by atoms with E-state index in [-0.39, 0.29) is 60.0 Å². The van der Waals surface area contributed by atoms with Gasteiger partial charge in [-0.2, -0.15) is 4.72 Å². The molecule has 0 aliphatic carbocycles. The highest BCUT2D eigenvalue weighted by Gasteiger charge is 2.40. The number of anilines is 1. The Hall–Kier alpha value is -7.69. The van der Waals surface area contributed by atoms with Gasteiger partial charge >= 0.3 is 5.97 Å². The van der Waals surface area contributed by atoms with Crippen LogP contribution in [0.15, 0.2) is 156 Å². The van der Waals surface area contributed by atoms with Crippen molar-refractivity contribution in [3.63, 3.8) is 0 Å². The number of benzene rings is 5. The summed E-state index contributed by atoms with van der Waals surface area (Å²) >= 11 is 0. The number of sulfonamides is 1. The summed E-state index contributed by atoms with van der Waals surface area (Å²) in [5.41, 5.74) is 3.63. The van der Waals surface area contributed by atoms with Gasteiger partial charge in [-0.25, -0.2) is 13.4 Å². The number of carbonyl (C=O) groups is 4. The quantitative estimate of drug-likeness (QED) is 0.0356. The Bertz CT molecular complexity index is 3020. The number of pyridine rings is 1. The van der Waals surface area contributed by atoms with Crippen LogP contribution >= 0.6 is 0 Å². The lowest BCUT2D eigenvalue weighted by Gasteiger charge is -2.38. The number of rotatable bonds is 21. The Morgan fingerprint density at radius 3 is 1.97 bits per heavy atom. The number of hydrogen-bond donors (Lipinski definition) is 4. The maximum atomic E-state index is 14.2. The van der Waals surface area contributed by atoms with E-state index in [4.69, 9.17) is 9.72 Å². The van der Waals surface area contributed by atoms with Gasteiger partial charge in [0.2, 0.25) is 27.3 Å². The standard InChI is InChI=1S/C53H55N7O8S/c1-36-16-14-17-37(2)49(36)69(66,67)58-45(51(65)68-4)34-56-50(64)44-35-59(30-15-28-54-47(62)27-24-38(3)61)46-32-39(25-26-43(46)48(44)63)33-57-52-55-29-31-60(52)53(40-18-8-5-9-19-40,41-20-10-6-11-21-41)42-22-12-7-13-23-42/h5-14,16-23,25-26,29,31-32,35,45,58H,15,24,27-28,30,33-34H2,1-4H3,(H,54,62)(H,55,57)(H,56,64)/t45-/m0/s1. The van der Waals surface area contributed by atoms with Crippen LogP contribution < -0.4 is 26.1 Å². The highest BCUT2D eigenvalue weighted by atomic mass is 32.2. The van der Waals surface area contributed by atoms with Crippen molar-refractivity contribution in [3.05, 3.63) is 195 Å². The lowest BCUT2D eigenvalue weighted by molar-refractivity contribution is -0.142. The largest absolute Gasteiger partial charge is 0.468 e. The minimum absolute atomic E-state index is 0.00264. The molecular weight excluding hydrogens is 895 g/mol. The molecule has 7 rings (SSSR count). The summed E-state index contributed by atoms with van der Waals surface area (Å²) in [5.74, 6) is -1.57. The van der Waals surface area contributed by atoms with E-state index >= 15 is 0 Å². The number of Topliss-reactive ketones (excluding diaryl/α,β-unsaturated/α-hetero) is 1. The maximum absolute atomic E-state index is 14.2. The zero-order valence-electron chi connectivity index (χ0n) is 38.9. The normalized spacial score (nSPS) is 12.0. The molecule has 2 heterocycles. The number of amides is 2. The number of ketones is 1. The molecule has 0 radical (unpaired) electrons. The number of nitrogens with one attached hydrogen (secondary N) is 4. The van der Waals surface area contributed by atoms with Gasteiger partial charge in [-0.3, -0.25) is 23.7 Å². The van der Waals surface area contributed by atoms with Crippen molar-refractivity contribution >= 4 is 50.4 Å². The molecule has 0 saturated heterocycles. The van der Waals surface area contributed by atoms with Gasteiger partial charge in [0, 0.05) is 63.0 Å². The Morgan fingerprint density at radius 1 is 0.783 bits per heavy atom. The average Bonchev–Trinajstić information content (AvgIpc) is 3.83. The molecule has 0 unspecified atom stereocenters. The first kappa shape index (κ1) is 49.2. The number of aromatic nitrogens is 3. The van der Waals surface area contributed by atoms with E-state index in [1.165, 1.54) is 13.1 Å². The highest BCUT2D eigenvalue weighted by molar-refractivity contribution is 7.89. The maximum Gasteiger partial charge on any atom is 0.325 e. The molecule has 4 N–H and O–H groups in total. The zero-order chi connectivity index (χ0) is 49.1. The van der Waals surface area contributed by atoms with E-state index in [0.29, 0.717) is 29.0 Å². The minimum atomic E-state index is -4.26. The van der Waals surface area contributed by atoms with Crippen molar-refractivity contribution in [1.82, 2.24) is 29.5 Å². The van der Waals surface area contributed by atoms with Gasteiger partial charge in [0.05, 0.1) is 17.5 Å². The first-order chi connectivity index (χ1) is 33.2. The van der Waals surface area contributed by atoms with Gasteiger partial charge < -0.3 is 30.0 Å². The number of methoxy groups -OCH3 is 1. The fraction of sp³-hybridized carbons (Fsp3) is 0.245. The predicted molar refractivity (Wildman–Crippen MR) is 264 cm³/mol. The summed E-state index contributed by atoms with van der Waals surface area (Å²) in [6, 6.07) is 39.4. The van der Waals surface area contributed by atoms with E-state index in [1.54, 1.807) is 54.9 Å². The van der Waals surface area contributed by atoms with Crippen LogP contribution in [0.1, 0.15) is 69.9 Å². The van der Waals surface area contributed by atoms with Crippen molar-refractivity contribution in [2.75, 3.05) is 25.5 Å². The zero-order valence-corrected chi connectivity index (χ0v) is 39.7. The molecule has 7 aromatic rings. The van der Waals surface area contributed by atoms with E-state index in [1.807, 2.05) is 66.9 Å². The molecule has 356 valence electrons. The summed E-state index contributed by atoms with van der Waals surface area (Å²) in [6.07, 6.45) is 5.71. The van der Waals surface area contributed by atoms with Crippen LogP contribution in [0, 0.1) is 13.8 Å². The van der Waals surface area contributed by atoms with E-state index < -0.39 is 45.5 Å². The first-order valence-electron chi connectivity index (χ1n) is 22.6. The van der Waals surface area contributed by atoms with Crippen molar-refractivity contribution in [2.24, 2.45) is 0 Å². The van der Waals surface area contributed by atoms with Crippen molar-refractivity contribution < 1.29 is 32.3 Å². The Balaban J connectivity index is 1.20. The van der Waals surface area contributed by atoms with Crippen molar-refractivity contribution in [1.29, 1.82) is 0 Å². The van der Waals surface area contributed by atoms with Crippen LogP contribution in [-0.4, -0.2) is 72.3 Å². The Labute approximate surface area is 401 Å². The molecule has 1 atom stereocenters. The third-order valence-electron chi connectivity index (χ3n) is 11.9. The SMILES string of the molecule is COC(=O)[C@H](CNC(=O)c1cn(CCCNC(=O)CCC(C)=O)c2cc(CNc3nccn3C(c3ccccc3)(c3ccccc3)c3ccccc3)ccc2c1=O)NS(=O)(=O)c1c(C)cccc1C. The summed E-state index contributed by atoms with van der Waals surface area (Å²) in [6.45, 7) is 4.97. The molecule has 2 aromatic heterocycles. The van der Waals surface area contributed by atoms with Crippen molar-refractivity contribution in [3.8, 4) is 0 Å². The number of hydrogen-bond acceptors (Lipinski definition) is 10. The Kier molecular flexibility index (Phi) is 15.7. The lowest BCUT2D eigenvalue weighted by atomic mass is 9.76. The fourth-order valence-electron chi connectivity index (χ4n) is 8.66. The van der Waals surface area contributed by atoms with Gasteiger partial charge in [-0.05, 0) is 72.7 Å². The molecule has 2 amide bonds. The molecule has 0 bridgehead atoms. The van der Waals surface area contributed by atoms with Crippen LogP contribution in [0.25, 0.3) is 10.9 Å². The Morgan fingerprint density at radius 2 is 1.39 bits per heavy atom. The molecule has 5 aromatic carbocycles. The molecule has 0 aliphatic heterocycles. The van der Waals surface area contributed by atoms with E-state index in [2.05, 4.69) is 61.6 Å². The van der Waals surface area contributed by atoms with Crippen LogP contribution in [0.3, 0.4) is 0 Å². The number of fused-ring (bicyclic) bond motifs is 1. The summed E-state index contributed by atoms with van der Waals surface area (Å²) < 4.78 is 38.2. The molecule has 0 fully saturated rings. The van der Waals surface area contributed by atoms with Gasteiger partial charge in [0.25, 0.3) is 5.91 Å². The molecule has 0 aliphatic rings. The summed E-state index contributed by atoms with van der Waals surface area (Å²) in [4.78, 5) is 69.8. The number of ether oxygens (including phenoxy) is 1. The molecule has 0 spiro atoms. The monoisotopic (exact) mass is 949 g/mol. The number of imidazole rings is 1.